The number of aromatic nitrogens is 1. The van der Waals surface area contributed by atoms with Crippen molar-refractivity contribution in [2.24, 2.45) is 0 Å². The Balaban J connectivity index is 1.76. The maximum atomic E-state index is 13.0. The van der Waals surface area contributed by atoms with Crippen molar-refractivity contribution in [2.75, 3.05) is 13.1 Å². The van der Waals surface area contributed by atoms with Gasteiger partial charge in [-0.05, 0) is 37.1 Å². The number of alkyl halides is 3. The lowest BCUT2D eigenvalue weighted by Gasteiger charge is -2.25. The highest BCUT2D eigenvalue weighted by Crippen LogP contribution is 2.34. The second kappa shape index (κ2) is 9.47. The van der Waals surface area contributed by atoms with Gasteiger partial charge in [-0.25, -0.2) is 0 Å². The second-order valence-electron chi connectivity index (χ2n) is 7.61. The molecule has 3 rings (SSSR count). The molecule has 2 heterocycles. The predicted octanol–water partition coefficient (Wildman–Crippen LogP) is 2.87. The van der Waals surface area contributed by atoms with Gasteiger partial charge in [-0.1, -0.05) is 12.1 Å². The van der Waals surface area contributed by atoms with Crippen LogP contribution in [0.4, 0.5) is 13.2 Å². The van der Waals surface area contributed by atoms with E-state index in [1.54, 1.807) is 6.92 Å². The molecule has 2 N–H and O–H groups in total. The molecule has 0 saturated carbocycles. The molecule has 1 atom stereocenters. The van der Waals surface area contributed by atoms with E-state index in [1.165, 1.54) is 49.2 Å². The highest BCUT2D eigenvalue weighted by Gasteiger charge is 2.35. The first-order valence-electron chi connectivity index (χ1n) is 10.2. The van der Waals surface area contributed by atoms with Crippen LogP contribution in [0.25, 0.3) is 0 Å². The van der Waals surface area contributed by atoms with E-state index in [9.17, 15) is 27.6 Å². The normalized spacial score (nSPS) is 14.0. The molecule has 33 heavy (non-hydrogen) atoms. The fourth-order valence-corrected chi connectivity index (χ4v) is 3.61. The van der Waals surface area contributed by atoms with Crippen molar-refractivity contribution >= 4 is 17.7 Å². The van der Waals surface area contributed by atoms with E-state index >= 15 is 0 Å². The van der Waals surface area contributed by atoms with E-state index in [0.717, 1.165) is 0 Å². The number of nitrogens with one attached hydrogen (secondary N) is 2. The molecule has 0 radical (unpaired) electrons. The maximum absolute atomic E-state index is 13.0. The average Bonchev–Trinajstić information content (AvgIpc) is 3.07. The molecule has 8 nitrogen and oxygen atoms in total. The van der Waals surface area contributed by atoms with Crippen LogP contribution < -0.4 is 15.4 Å². The van der Waals surface area contributed by atoms with Gasteiger partial charge in [-0.2, -0.15) is 0 Å². The van der Waals surface area contributed by atoms with Gasteiger partial charge in [0.1, 0.15) is 11.4 Å². The zero-order valence-electron chi connectivity index (χ0n) is 18.2. The van der Waals surface area contributed by atoms with Gasteiger partial charge in [0.05, 0.1) is 6.04 Å². The third-order valence-corrected chi connectivity index (χ3v) is 5.25. The Labute approximate surface area is 188 Å². The number of pyridine rings is 1. The summed E-state index contributed by atoms with van der Waals surface area (Å²) in [6.07, 6.45) is -3.42. The van der Waals surface area contributed by atoms with Gasteiger partial charge in [0.25, 0.3) is 11.8 Å². The van der Waals surface area contributed by atoms with E-state index in [1.807, 2.05) is 0 Å². The Morgan fingerprint density at radius 1 is 1.21 bits per heavy atom. The van der Waals surface area contributed by atoms with Crippen LogP contribution in [0.2, 0.25) is 0 Å². The summed E-state index contributed by atoms with van der Waals surface area (Å²) in [5, 5.41) is 5.22. The lowest BCUT2D eigenvalue weighted by Crippen LogP contribution is -2.34. The number of benzene rings is 1. The molecule has 2 aromatic rings. The van der Waals surface area contributed by atoms with E-state index in [4.69, 9.17) is 0 Å². The van der Waals surface area contributed by atoms with Gasteiger partial charge in [0, 0.05) is 43.9 Å². The number of amides is 3. The van der Waals surface area contributed by atoms with E-state index in [0.29, 0.717) is 16.7 Å². The number of hydrogen-bond donors (Lipinski definition) is 2. The van der Waals surface area contributed by atoms with Crippen molar-refractivity contribution in [3.05, 3.63) is 58.4 Å². The molecule has 1 aliphatic rings. The van der Waals surface area contributed by atoms with Crippen molar-refractivity contribution < 1.29 is 32.3 Å². The number of aryl methyl sites for hydroxylation is 1. The zero-order valence-corrected chi connectivity index (χ0v) is 18.2. The molecule has 0 saturated heterocycles. The Hall–Kier alpha value is -3.63. The van der Waals surface area contributed by atoms with Crippen molar-refractivity contribution in [3.63, 3.8) is 0 Å². The minimum atomic E-state index is -4.80. The fourth-order valence-electron chi connectivity index (χ4n) is 3.61. The van der Waals surface area contributed by atoms with Crippen LogP contribution in [0.15, 0.2) is 30.5 Å². The van der Waals surface area contributed by atoms with Crippen LogP contribution in [0.5, 0.6) is 5.75 Å². The van der Waals surface area contributed by atoms with Crippen LogP contribution in [0.1, 0.15) is 57.4 Å². The third kappa shape index (κ3) is 5.60. The largest absolute Gasteiger partial charge is 0.573 e. The lowest BCUT2D eigenvalue weighted by molar-refractivity contribution is -0.274. The molecule has 1 aromatic heterocycles. The van der Waals surface area contributed by atoms with Crippen LogP contribution in [0.3, 0.4) is 0 Å². The van der Waals surface area contributed by atoms with Gasteiger partial charge in [-0.15, -0.1) is 13.2 Å². The summed E-state index contributed by atoms with van der Waals surface area (Å²) in [4.78, 5) is 42.2. The Morgan fingerprint density at radius 2 is 1.91 bits per heavy atom. The van der Waals surface area contributed by atoms with E-state index < -0.39 is 18.3 Å². The molecule has 0 aliphatic carbocycles. The SMILES string of the molecule is CC(=O)NCCNC(=O)c1nccc2c1CN(C(C)c1ccc(OC(F)(F)F)c(C)c1)C2=O. The molecule has 1 aromatic carbocycles. The molecule has 0 fully saturated rings. The zero-order chi connectivity index (χ0) is 24.3. The Morgan fingerprint density at radius 3 is 2.55 bits per heavy atom. The average molecular weight is 464 g/mol. The Bertz CT molecular complexity index is 1090. The number of nitrogens with zero attached hydrogens (tertiary/aromatic N) is 2. The predicted molar refractivity (Wildman–Crippen MR) is 111 cm³/mol. The first-order valence-corrected chi connectivity index (χ1v) is 10.2. The summed E-state index contributed by atoms with van der Waals surface area (Å²) < 4.78 is 41.6. The van der Waals surface area contributed by atoms with Gasteiger partial charge < -0.3 is 20.3 Å². The maximum Gasteiger partial charge on any atom is 0.573 e. The molecule has 3 amide bonds. The molecule has 176 valence electrons. The smallest absolute Gasteiger partial charge is 0.406 e. The van der Waals surface area contributed by atoms with Gasteiger partial charge in [0.15, 0.2) is 0 Å². The highest BCUT2D eigenvalue weighted by atomic mass is 19.4. The standard InChI is InChI=1S/C22H23F3N4O4/c1-12-10-15(4-5-18(12)33-22(23,24)25)13(2)29-11-17-16(21(29)32)6-7-27-19(17)20(31)28-9-8-26-14(3)30/h4-7,10,13H,8-9,11H2,1-3H3,(H,26,30)(H,28,31). The van der Waals surface area contributed by atoms with Crippen LogP contribution in [-0.2, 0) is 11.3 Å². The van der Waals surface area contributed by atoms with Gasteiger partial charge in [0.2, 0.25) is 5.91 Å². The summed E-state index contributed by atoms with van der Waals surface area (Å²) in [5.41, 5.74) is 1.83. The lowest BCUT2D eigenvalue weighted by atomic mass is 10.0. The topological polar surface area (TPSA) is 101 Å². The van der Waals surface area contributed by atoms with Crippen LogP contribution in [-0.4, -0.2) is 47.1 Å². The first-order chi connectivity index (χ1) is 15.5. The van der Waals surface area contributed by atoms with E-state index in [2.05, 4.69) is 20.4 Å². The van der Waals surface area contributed by atoms with Crippen molar-refractivity contribution in [1.82, 2.24) is 20.5 Å². The molecule has 1 aliphatic heterocycles. The van der Waals surface area contributed by atoms with Crippen LogP contribution >= 0.6 is 0 Å². The minimum absolute atomic E-state index is 0.114. The molecule has 0 bridgehead atoms. The molecule has 1 unspecified atom stereocenters. The molecule has 0 spiro atoms. The minimum Gasteiger partial charge on any atom is -0.406 e. The number of hydrogen-bond acceptors (Lipinski definition) is 5. The number of carbonyl (C=O) groups excluding carboxylic acids is 3. The number of ether oxygens (including phenoxy) is 1. The first kappa shape index (κ1) is 24.0. The summed E-state index contributed by atoms with van der Waals surface area (Å²) in [5.74, 6) is -1.30. The number of halogens is 3. The van der Waals surface area contributed by atoms with E-state index in [-0.39, 0.29) is 48.5 Å². The summed E-state index contributed by atoms with van der Waals surface area (Å²) >= 11 is 0. The number of rotatable bonds is 7. The van der Waals surface area contributed by atoms with Crippen molar-refractivity contribution in [2.45, 2.75) is 39.7 Å². The second-order valence-corrected chi connectivity index (χ2v) is 7.61. The summed E-state index contributed by atoms with van der Waals surface area (Å²) in [6.45, 7) is 5.19. The molecule has 11 heteroatoms. The number of carbonyl (C=O) groups is 3. The number of fused-ring (bicyclic) bond motifs is 1. The Kier molecular flexibility index (Phi) is 6.89. The monoisotopic (exact) mass is 464 g/mol. The highest BCUT2D eigenvalue weighted by molar-refractivity contribution is 6.03. The third-order valence-electron chi connectivity index (χ3n) is 5.25. The van der Waals surface area contributed by atoms with Gasteiger partial charge >= 0.3 is 6.36 Å². The van der Waals surface area contributed by atoms with Crippen LogP contribution in [0, 0.1) is 6.92 Å². The summed E-state index contributed by atoms with van der Waals surface area (Å²) in [7, 11) is 0. The fraction of sp³-hybridized carbons (Fsp3) is 0.364. The molecular weight excluding hydrogens is 441 g/mol. The van der Waals surface area contributed by atoms with Gasteiger partial charge in [-0.3, -0.25) is 19.4 Å². The summed E-state index contributed by atoms with van der Waals surface area (Å²) in [6, 6.07) is 5.29. The van der Waals surface area contributed by atoms with Crippen molar-refractivity contribution in [3.8, 4) is 5.75 Å². The van der Waals surface area contributed by atoms with Crippen molar-refractivity contribution in [1.29, 1.82) is 0 Å². The quantitative estimate of drug-likeness (QED) is 0.614. The molecular formula is C22H23F3N4O4.